The van der Waals surface area contributed by atoms with Gasteiger partial charge in [0.2, 0.25) is 0 Å². The van der Waals surface area contributed by atoms with E-state index < -0.39 is 54.1 Å². The van der Waals surface area contributed by atoms with E-state index >= 15 is 8.78 Å². The van der Waals surface area contributed by atoms with E-state index in [4.69, 9.17) is 5.73 Å². The summed E-state index contributed by atoms with van der Waals surface area (Å²) in [6.45, 7) is 1.95. The van der Waals surface area contributed by atoms with E-state index in [1.807, 2.05) is 13.8 Å². The molecule has 3 rings (SSSR count). The van der Waals surface area contributed by atoms with Gasteiger partial charge in [-0.1, -0.05) is 38.1 Å². The summed E-state index contributed by atoms with van der Waals surface area (Å²) in [5.74, 6) is -7.46. The van der Waals surface area contributed by atoms with Crippen LogP contribution in [0.25, 0.3) is 11.1 Å². The van der Waals surface area contributed by atoms with Crippen molar-refractivity contribution in [2.24, 2.45) is 5.73 Å². The number of benzene rings is 2. The highest BCUT2D eigenvalue weighted by Crippen LogP contribution is 2.42. The van der Waals surface area contributed by atoms with Crippen LogP contribution in [0.1, 0.15) is 31.0 Å². The first kappa shape index (κ1) is 27.1. The van der Waals surface area contributed by atoms with E-state index in [0.29, 0.717) is 17.2 Å². The minimum atomic E-state index is -4.47. The van der Waals surface area contributed by atoms with E-state index in [1.54, 1.807) is 0 Å². The van der Waals surface area contributed by atoms with Gasteiger partial charge in [-0.3, -0.25) is 4.98 Å². The summed E-state index contributed by atoms with van der Waals surface area (Å²) in [5, 5.41) is 0. The van der Waals surface area contributed by atoms with Crippen LogP contribution < -0.4 is 10.5 Å². The van der Waals surface area contributed by atoms with Crippen LogP contribution in [0.5, 0.6) is 5.75 Å². The molecule has 0 fully saturated rings. The average Bonchev–Trinajstić information content (AvgIpc) is 2.81. The Kier molecular flexibility index (Phi) is 9.03. The van der Waals surface area contributed by atoms with Gasteiger partial charge in [0.1, 0.15) is 23.1 Å². The van der Waals surface area contributed by atoms with E-state index in [0.717, 1.165) is 24.4 Å². The lowest BCUT2D eigenvalue weighted by Crippen LogP contribution is -2.31. The molecular weight excluding hydrogens is 465 g/mol. The SMILES string of the molecule is CC.NCC(c1ccc(F)cc1F)C(F)(F)c1ccc(-c2ccc(OCC(F)(F)F)cc2)cn1. The summed E-state index contributed by atoms with van der Waals surface area (Å²) < 4.78 is 98.5. The number of hydrogen-bond donors (Lipinski definition) is 1. The molecule has 0 bridgehead atoms. The number of halogens is 7. The van der Waals surface area contributed by atoms with Crippen LogP contribution in [0.4, 0.5) is 30.7 Å². The molecule has 10 heteroatoms. The van der Waals surface area contributed by atoms with E-state index in [-0.39, 0.29) is 5.75 Å². The number of rotatable bonds is 7. The molecule has 0 saturated heterocycles. The molecule has 0 amide bonds. The van der Waals surface area contributed by atoms with Gasteiger partial charge < -0.3 is 10.5 Å². The first-order chi connectivity index (χ1) is 16.0. The van der Waals surface area contributed by atoms with Crippen molar-refractivity contribution in [2.45, 2.75) is 31.9 Å². The maximum Gasteiger partial charge on any atom is 0.422 e. The highest BCUT2D eigenvalue weighted by molar-refractivity contribution is 5.63. The van der Waals surface area contributed by atoms with Crippen molar-refractivity contribution in [1.29, 1.82) is 0 Å². The zero-order valence-corrected chi connectivity index (χ0v) is 18.3. The fourth-order valence-corrected chi connectivity index (χ4v) is 3.10. The van der Waals surface area contributed by atoms with Crippen molar-refractivity contribution in [1.82, 2.24) is 4.98 Å². The zero-order chi connectivity index (χ0) is 25.5. The van der Waals surface area contributed by atoms with Gasteiger partial charge in [0, 0.05) is 24.4 Å². The summed E-state index contributed by atoms with van der Waals surface area (Å²) in [6.07, 6.45) is -3.31. The molecule has 0 radical (unpaired) electrons. The van der Waals surface area contributed by atoms with Crippen LogP contribution in [0.2, 0.25) is 0 Å². The van der Waals surface area contributed by atoms with Crippen LogP contribution >= 0.6 is 0 Å². The standard InChI is InChI=1S/C22H17F7N2O.C2H6/c23-15-4-7-17(19(24)9-15)18(10-30)22(28,29)20-8-3-14(11-31-20)13-1-5-16(6-2-13)32-12-21(25,26)27;1-2/h1-9,11,18H,10,12,30H2;1-2H3. The lowest BCUT2D eigenvalue weighted by Gasteiger charge is -2.26. The molecule has 184 valence electrons. The molecule has 1 unspecified atom stereocenters. The molecule has 0 aliphatic rings. The van der Waals surface area contributed by atoms with Gasteiger partial charge in [0.15, 0.2) is 6.61 Å². The summed E-state index contributed by atoms with van der Waals surface area (Å²) in [4.78, 5) is 3.78. The van der Waals surface area contributed by atoms with Crippen molar-refractivity contribution >= 4 is 0 Å². The number of pyridine rings is 1. The lowest BCUT2D eigenvalue weighted by atomic mass is 9.89. The van der Waals surface area contributed by atoms with Crippen LogP contribution in [0.15, 0.2) is 60.8 Å². The maximum absolute atomic E-state index is 15.0. The number of alkyl halides is 5. The maximum atomic E-state index is 15.0. The van der Waals surface area contributed by atoms with Crippen molar-refractivity contribution in [2.75, 3.05) is 13.2 Å². The molecular formula is C24H23F7N2O. The highest BCUT2D eigenvalue weighted by atomic mass is 19.4. The fraction of sp³-hybridized carbons (Fsp3) is 0.292. The molecule has 0 saturated carbocycles. The summed E-state index contributed by atoms with van der Waals surface area (Å²) in [7, 11) is 0. The molecule has 2 N–H and O–H groups in total. The Balaban J connectivity index is 0.00000199. The van der Waals surface area contributed by atoms with Gasteiger partial charge in [0.05, 0.1) is 5.92 Å². The minimum absolute atomic E-state index is 0.00528. The summed E-state index contributed by atoms with van der Waals surface area (Å²) in [5.41, 5.74) is 5.31. The summed E-state index contributed by atoms with van der Waals surface area (Å²) in [6, 6.07) is 10.2. The smallest absolute Gasteiger partial charge is 0.422 e. The number of hydrogen-bond acceptors (Lipinski definition) is 3. The minimum Gasteiger partial charge on any atom is -0.484 e. The predicted molar refractivity (Wildman–Crippen MR) is 115 cm³/mol. The Morgan fingerprint density at radius 3 is 2.00 bits per heavy atom. The average molecular weight is 488 g/mol. The third-order valence-corrected chi connectivity index (χ3v) is 4.71. The molecule has 34 heavy (non-hydrogen) atoms. The topological polar surface area (TPSA) is 48.1 Å². The molecule has 0 spiro atoms. The number of ether oxygens (including phenoxy) is 1. The molecule has 0 aliphatic carbocycles. The first-order valence-electron chi connectivity index (χ1n) is 10.3. The van der Waals surface area contributed by atoms with Gasteiger partial charge in [-0.25, -0.2) is 8.78 Å². The van der Waals surface area contributed by atoms with Gasteiger partial charge >= 0.3 is 6.18 Å². The molecule has 1 heterocycles. The normalized spacial score (nSPS) is 12.5. The van der Waals surface area contributed by atoms with Crippen LogP contribution in [0, 0.1) is 11.6 Å². The second-order valence-electron chi connectivity index (χ2n) is 6.94. The lowest BCUT2D eigenvalue weighted by molar-refractivity contribution is -0.153. The van der Waals surface area contributed by atoms with Crippen molar-refractivity contribution in [3.05, 3.63) is 83.7 Å². The van der Waals surface area contributed by atoms with E-state index in [2.05, 4.69) is 9.72 Å². The molecule has 1 atom stereocenters. The Bertz CT molecular complexity index is 1050. The molecule has 0 aliphatic heterocycles. The third-order valence-electron chi connectivity index (χ3n) is 4.71. The highest BCUT2D eigenvalue weighted by Gasteiger charge is 2.44. The molecule has 3 aromatic rings. The van der Waals surface area contributed by atoms with Crippen LogP contribution in [-0.4, -0.2) is 24.3 Å². The second-order valence-corrected chi connectivity index (χ2v) is 6.94. The van der Waals surface area contributed by atoms with Gasteiger partial charge in [-0.05, 0) is 35.4 Å². The van der Waals surface area contributed by atoms with Crippen LogP contribution in [0.3, 0.4) is 0 Å². The quantitative estimate of drug-likeness (QED) is 0.371. The van der Waals surface area contributed by atoms with Gasteiger partial charge in [-0.15, -0.1) is 0 Å². The van der Waals surface area contributed by atoms with Gasteiger partial charge in [0.25, 0.3) is 5.92 Å². The van der Waals surface area contributed by atoms with Gasteiger partial charge in [-0.2, -0.15) is 22.0 Å². The monoisotopic (exact) mass is 488 g/mol. The largest absolute Gasteiger partial charge is 0.484 e. The molecule has 2 aromatic carbocycles. The second kappa shape index (κ2) is 11.3. The molecule has 1 aromatic heterocycles. The van der Waals surface area contributed by atoms with E-state index in [1.165, 1.54) is 30.3 Å². The number of nitrogens with zero attached hydrogens (tertiary/aromatic N) is 1. The predicted octanol–water partition coefficient (Wildman–Crippen LogP) is 6.83. The van der Waals surface area contributed by atoms with Crippen molar-refractivity contribution < 1.29 is 35.5 Å². The first-order valence-corrected chi connectivity index (χ1v) is 10.3. The third kappa shape index (κ3) is 6.69. The van der Waals surface area contributed by atoms with Crippen molar-refractivity contribution in [3.63, 3.8) is 0 Å². The number of nitrogens with two attached hydrogens (primary N) is 1. The Morgan fingerprint density at radius 1 is 0.882 bits per heavy atom. The zero-order valence-electron chi connectivity index (χ0n) is 18.3. The van der Waals surface area contributed by atoms with Crippen LogP contribution in [-0.2, 0) is 5.92 Å². The fourth-order valence-electron chi connectivity index (χ4n) is 3.10. The van der Waals surface area contributed by atoms with Crippen molar-refractivity contribution in [3.8, 4) is 16.9 Å². The Hall–Kier alpha value is -3.14. The number of aromatic nitrogens is 1. The van der Waals surface area contributed by atoms with E-state index in [9.17, 15) is 22.0 Å². The summed E-state index contributed by atoms with van der Waals surface area (Å²) >= 11 is 0. The Morgan fingerprint density at radius 2 is 1.50 bits per heavy atom. The Labute approximate surface area is 192 Å². The molecule has 3 nitrogen and oxygen atoms in total.